The summed E-state index contributed by atoms with van der Waals surface area (Å²) >= 11 is 7.11. The molecular weight excluding hydrogens is 243 g/mol. The van der Waals surface area contributed by atoms with Crippen LogP contribution in [-0.4, -0.2) is 4.36 Å². The summed E-state index contributed by atoms with van der Waals surface area (Å²) in [7, 11) is 0. The van der Waals surface area contributed by atoms with Crippen LogP contribution in [0.25, 0.3) is 0 Å². The fourth-order valence-electron chi connectivity index (χ4n) is 1.39. The molecule has 0 amide bonds. The lowest BCUT2D eigenvalue weighted by atomic mass is 9.75. The molecule has 0 N–H and O–H groups in total. The summed E-state index contributed by atoms with van der Waals surface area (Å²) in [5.41, 5.74) is 0. The first kappa shape index (κ1) is 8.12. The Morgan fingerprint density at radius 2 is 1.56 bits per heavy atom. The van der Waals surface area contributed by atoms with Crippen molar-refractivity contribution in [2.75, 3.05) is 0 Å². The third-order valence-corrected chi connectivity index (χ3v) is 3.50. The van der Waals surface area contributed by atoms with E-state index in [0.29, 0.717) is 4.36 Å². The molecule has 0 unspecified atom stereocenters. The van der Waals surface area contributed by atoms with E-state index in [4.69, 9.17) is 0 Å². The topological polar surface area (TPSA) is 0 Å². The van der Waals surface area contributed by atoms with Gasteiger partial charge in [-0.1, -0.05) is 32.1 Å². The molecule has 0 spiro atoms. The van der Waals surface area contributed by atoms with Gasteiger partial charge in [-0.25, -0.2) is 0 Å². The molecule has 0 aromatic heterocycles. The lowest BCUT2D eigenvalue weighted by Gasteiger charge is -2.20. The van der Waals surface area contributed by atoms with Gasteiger partial charge in [-0.3, -0.25) is 0 Å². The van der Waals surface area contributed by atoms with Crippen molar-refractivity contribution in [3.8, 4) is 0 Å². The van der Waals surface area contributed by atoms with E-state index in [1.165, 1.54) is 32.1 Å². The van der Waals surface area contributed by atoms with E-state index in [2.05, 4.69) is 31.5 Å². The molecule has 0 heterocycles. The largest absolute Gasteiger partial charge is 0.301 e. The van der Waals surface area contributed by atoms with Crippen LogP contribution in [0.2, 0.25) is 5.82 Å². The van der Waals surface area contributed by atoms with Crippen LogP contribution in [0.1, 0.15) is 32.1 Å². The van der Waals surface area contributed by atoms with Crippen LogP contribution in [-0.2, 0) is 0 Å². The Balaban J connectivity index is 2.23. The zero-order chi connectivity index (χ0) is 6.69. The van der Waals surface area contributed by atoms with Gasteiger partial charge in [0.25, 0.3) is 0 Å². The Morgan fingerprint density at radius 3 is 1.89 bits per heavy atom. The summed E-state index contributed by atoms with van der Waals surface area (Å²) in [6.45, 7) is 0. The van der Waals surface area contributed by atoms with Crippen molar-refractivity contribution in [2.24, 2.45) is 0 Å². The summed E-state index contributed by atoms with van der Waals surface area (Å²) in [5, 5.41) is 0. The molecule has 0 bridgehead atoms. The molecule has 0 aromatic rings. The van der Waals surface area contributed by atoms with E-state index in [1.807, 2.05) is 0 Å². The van der Waals surface area contributed by atoms with Gasteiger partial charge in [0.2, 0.25) is 0 Å². The van der Waals surface area contributed by atoms with Gasteiger partial charge in [-0.05, 0) is 5.82 Å². The molecule has 1 saturated carbocycles. The highest BCUT2D eigenvalue weighted by atomic mass is 79.9. The summed E-state index contributed by atoms with van der Waals surface area (Å²) in [6, 6.07) is 0. The van der Waals surface area contributed by atoms with Crippen LogP contribution < -0.4 is 0 Å². The first-order valence-corrected chi connectivity index (χ1v) is 5.42. The lowest BCUT2D eigenvalue weighted by molar-refractivity contribution is 0.502. The minimum Gasteiger partial charge on any atom is -0.139 e. The number of rotatable bonds is 1. The number of hydrogen-bond acceptors (Lipinski definition) is 0. The highest BCUT2D eigenvalue weighted by molar-refractivity contribution is 9.49. The SMILES string of the molecule is BrB(Br)C1CCCCC1. The fraction of sp³-hybridized carbons (Fsp3) is 1.00. The van der Waals surface area contributed by atoms with Gasteiger partial charge >= 0.3 is 4.36 Å². The molecule has 0 aromatic carbocycles. The Bertz CT molecular complexity index is 79.1. The number of halogens is 2. The first-order valence-electron chi connectivity index (χ1n) is 3.59. The molecule has 0 aliphatic heterocycles. The van der Waals surface area contributed by atoms with Gasteiger partial charge in [0.15, 0.2) is 0 Å². The summed E-state index contributed by atoms with van der Waals surface area (Å²) < 4.78 is 0.560. The predicted molar refractivity (Wildman–Crippen MR) is 50.4 cm³/mol. The fourth-order valence-corrected chi connectivity index (χ4v) is 2.44. The second kappa shape index (κ2) is 4.02. The Labute approximate surface area is 73.8 Å². The molecule has 52 valence electrons. The monoisotopic (exact) mass is 252 g/mol. The summed E-state index contributed by atoms with van der Waals surface area (Å²) in [4.78, 5) is 0. The van der Waals surface area contributed by atoms with Crippen LogP contribution in [0, 0.1) is 0 Å². The molecule has 1 rings (SSSR count). The molecule has 1 aliphatic carbocycles. The minimum absolute atomic E-state index is 0.560. The van der Waals surface area contributed by atoms with Gasteiger partial charge in [0, 0.05) is 0 Å². The summed E-state index contributed by atoms with van der Waals surface area (Å²) in [6.07, 6.45) is 7.11. The van der Waals surface area contributed by atoms with Crippen molar-refractivity contribution in [3.05, 3.63) is 0 Å². The quantitative estimate of drug-likeness (QED) is 0.627. The van der Waals surface area contributed by atoms with E-state index in [9.17, 15) is 0 Å². The van der Waals surface area contributed by atoms with Crippen molar-refractivity contribution >= 4 is 35.9 Å². The average molecular weight is 254 g/mol. The molecule has 1 fully saturated rings. The highest BCUT2D eigenvalue weighted by Crippen LogP contribution is 2.35. The van der Waals surface area contributed by atoms with Crippen molar-refractivity contribution in [3.63, 3.8) is 0 Å². The summed E-state index contributed by atoms with van der Waals surface area (Å²) in [5.74, 6) is 0.888. The van der Waals surface area contributed by atoms with Crippen LogP contribution in [0.4, 0.5) is 0 Å². The van der Waals surface area contributed by atoms with E-state index in [0.717, 1.165) is 5.82 Å². The maximum atomic E-state index is 3.55. The minimum atomic E-state index is 0.560. The van der Waals surface area contributed by atoms with E-state index in [-0.39, 0.29) is 0 Å². The Hall–Kier alpha value is 1.02. The molecule has 3 heteroatoms. The molecule has 0 nitrogen and oxygen atoms in total. The second-order valence-electron chi connectivity index (χ2n) is 2.73. The molecular formula is C6H11BBr2. The van der Waals surface area contributed by atoms with Crippen LogP contribution in [0.3, 0.4) is 0 Å². The van der Waals surface area contributed by atoms with Gasteiger partial charge in [-0.2, -0.15) is 0 Å². The van der Waals surface area contributed by atoms with Crippen molar-refractivity contribution in [2.45, 2.75) is 37.9 Å². The standard InChI is InChI=1S/C6H11BBr2/c8-7(9)6-4-2-1-3-5-6/h6H,1-5H2. The normalized spacial score (nSPS) is 22.0. The van der Waals surface area contributed by atoms with Crippen LogP contribution in [0.5, 0.6) is 0 Å². The zero-order valence-corrected chi connectivity index (χ0v) is 8.62. The van der Waals surface area contributed by atoms with Gasteiger partial charge < -0.3 is 0 Å². The van der Waals surface area contributed by atoms with Gasteiger partial charge in [0.05, 0.1) is 0 Å². The van der Waals surface area contributed by atoms with E-state index in [1.54, 1.807) is 0 Å². The molecule has 0 atom stereocenters. The van der Waals surface area contributed by atoms with Gasteiger partial charge in [-0.15, -0.1) is 31.5 Å². The molecule has 9 heavy (non-hydrogen) atoms. The van der Waals surface area contributed by atoms with Gasteiger partial charge in [0.1, 0.15) is 0 Å². The first-order chi connectivity index (χ1) is 4.30. The van der Waals surface area contributed by atoms with Crippen LogP contribution >= 0.6 is 31.5 Å². The third kappa shape index (κ3) is 2.63. The van der Waals surface area contributed by atoms with E-state index >= 15 is 0 Å². The lowest BCUT2D eigenvalue weighted by Crippen LogP contribution is -2.09. The maximum Gasteiger partial charge on any atom is 0.301 e. The van der Waals surface area contributed by atoms with Crippen molar-refractivity contribution in [1.82, 2.24) is 0 Å². The predicted octanol–water partition coefficient (Wildman–Crippen LogP) is 3.60. The Morgan fingerprint density at radius 1 is 1.00 bits per heavy atom. The van der Waals surface area contributed by atoms with Crippen molar-refractivity contribution in [1.29, 1.82) is 0 Å². The van der Waals surface area contributed by atoms with Crippen LogP contribution in [0.15, 0.2) is 0 Å². The molecule has 0 radical (unpaired) electrons. The molecule has 0 saturated heterocycles. The number of hydrogen-bond donors (Lipinski definition) is 0. The second-order valence-corrected chi connectivity index (χ2v) is 5.93. The average Bonchev–Trinajstić information content (AvgIpc) is 1.90. The Kier molecular flexibility index (Phi) is 3.63. The molecule has 1 aliphatic rings. The third-order valence-electron chi connectivity index (χ3n) is 2.01. The maximum absolute atomic E-state index is 3.55. The smallest absolute Gasteiger partial charge is 0.139 e. The van der Waals surface area contributed by atoms with Crippen molar-refractivity contribution < 1.29 is 0 Å². The zero-order valence-electron chi connectivity index (χ0n) is 5.45. The van der Waals surface area contributed by atoms with E-state index < -0.39 is 0 Å². The highest BCUT2D eigenvalue weighted by Gasteiger charge is 2.21.